The van der Waals surface area contributed by atoms with E-state index in [4.69, 9.17) is 4.74 Å². The van der Waals surface area contributed by atoms with Gasteiger partial charge in [-0.05, 0) is 24.7 Å². The maximum Gasteiger partial charge on any atom is 0.407 e. The standard InChI is InChI=1S/C15H24N2O4/c1-4-5-12-6-7-17(13(12)9-18)14(19)8-16-15(20)21-10-11(2)3/h4,9,11-13H,1,5-8,10H2,2-3H3,(H,16,20)/t12?,13-/m1/s1. The van der Waals surface area contributed by atoms with Gasteiger partial charge in [0, 0.05) is 6.54 Å². The van der Waals surface area contributed by atoms with Crippen LogP contribution in [0.5, 0.6) is 0 Å². The summed E-state index contributed by atoms with van der Waals surface area (Å²) in [6, 6.07) is -0.427. The Bertz CT molecular complexity index is 395. The number of hydrogen-bond donors (Lipinski definition) is 1. The number of nitrogens with zero attached hydrogens (tertiary/aromatic N) is 1. The molecule has 6 heteroatoms. The fourth-order valence-corrected chi connectivity index (χ4v) is 2.37. The smallest absolute Gasteiger partial charge is 0.407 e. The van der Waals surface area contributed by atoms with Crippen LogP contribution in [0.15, 0.2) is 12.7 Å². The monoisotopic (exact) mass is 296 g/mol. The van der Waals surface area contributed by atoms with Crippen molar-refractivity contribution in [3.63, 3.8) is 0 Å². The second-order valence-electron chi connectivity index (χ2n) is 5.63. The molecule has 0 spiro atoms. The summed E-state index contributed by atoms with van der Waals surface area (Å²) in [5.41, 5.74) is 0. The molecule has 0 aromatic rings. The number of nitrogens with one attached hydrogen (secondary N) is 1. The van der Waals surface area contributed by atoms with E-state index in [0.717, 1.165) is 12.7 Å². The van der Waals surface area contributed by atoms with Crippen molar-refractivity contribution in [1.82, 2.24) is 10.2 Å². The van der Waals surface area contributed by atoms with Gasteiger partial charge in [0.15, 0.2) is 0 Å². The lowest BCUT2D eigenvalue weighted by Gasteiger charge is -2.23. The van der Waals surface area contributed by atoms with Crippen LogP contribution in [0.25, 0.3) is 0 Å². The van der Waals surface area contributed by atoms with E-state index in [1.807, 2.05) is 13.8 Å². The molecule has 0 aliphatic carbocycles. The molecule has 2 amide bonds. The number of rotatable bonds is 7. The highest BCUT2D eigenvalue weighted by atomic mass is 16.5. The van der Waals surface area contributed by atoms with Crippen LogP contribution in [0, 0.1) is 11.8 Å². The number of hydrogen-bond acceptors (Lipinski definition) is 4. The summed E-state index contributed by atoms with van der Waals surface area (Å²) in [6.45, 7) is 8.21. The van der Waals surface area contributed by atoms with Crippen molar-refractivity contribution in [3.8, 4) is 0 Å². The van der Waals surface area contributed by atoms with E-state index in [9.17, 15) is 14.4 Å². The maximum atomic E-state index is 12.1. The zero-order valence-electron chi connectivity index (χ0n) is 12.7. The molecule has 0 radical (unpaired) electrons. The van der Waals surface area contributed by atoms with Gasteiger partial charge in [-0.1, -0.05) is 19.9 Å². The van der Waals surface area contributed by atoms with Crippen molar-refractivity contribution in [2.45, 2.75) is 32.7 Å². The van der Waals surface area contributed by atoms with Crippen LogP contribution < -0.4 is 5.32 Å². The number of carbonyl (C=O) groups is 3. The third-order valence-electron chi connectivity index (χ3n) is 3.44. The van der Waals surface area contributed by atoms with Crippen LogP contribution in [0.1, 0.15) is 26.7 Å². The average Bonchev–Trinajstić information content (AvgIpc) is 2.85. The minimum atomic E-state index is -0.610. The summed E-state index contributed by atoms with van der Waals surface area (Å²) < 4.78 is 4.93. The Kier molecular flexibility index (Phi) is 6.91. The van der Waals surface area contributed by atoms with Gasteiger partial charge in [-0.25, -0.2) is 4.79 Å². The summed E-state index contributed by atoms with van der Waals surface area (Å²) in [6.07, 6.45) is 3.43. The van der Waals surface area contributed by atoms with E-state index < -0.39 is 12.1 Å². The molecular formula is C15H24N2O4. The van der Waals surface area contributed by atoms with Crippen LogP contribution in [0.4, 0.5) is 4.79 Å². The molecule has 1 aliphatic rings. The van der Waals surface area contributed by atoms with Gasteiger partial charge in [0.05, 0.1) is 12.6 Å². The van der Waals surface area contributed by atoms with E-state index >= 15 is 0 Å². The summed E-state index contributed by atoms with van der Waals surface area (Å²) in [7, 11) is 0. The largest absolute Gasteiger partial charge is 0.449 e. The van der Waals surface area contributed by atoms with Gasteiger partial charge in [-0.3, -0.25) is 4.79 Å². The third-order valence-corrected chi connectivity index (χ3v) is 3.44. The normalized spacial score (nSPS) is 21.2. The highest BCUT2D eigenvalue weighted by Gasteiger charge is 2.35. The van der Waals surface area contributed by atoms with Crippen LogP contribution in [-0.2, 0) is 14.3 Å². The molecular weight excluding hydrogens is 272 g/mol. The molecule has 6 nitrogen and oxygen atoms in total. The van der Waals surface area contributed by atoms with Crippen LogP contribution >= 0.6 is 0 Å². The van der Waals surface area contributed by atoms with Gasteiger partial charge in [0.1, 0.15) is 12.8 Å². The molecule has 0 aromatic carbocycles. The van der Waals surface area contributed by atoms with Crippen LogP contribution in [-0.4, -0.2) is 48.9 Å². The molecule has 0 bridgehead atoms. The molecule has 0 saturated carbocycles. The van der Waals surface area contributed by atoms with E-state index in [2.05, 4.69) is 11.9 Å². The molecule has 1 heterocycles. The molecule has 1 saturated heterocycles. The summed E-state index contributed by atoms with van der Waals surface area (Å²) in [4.78, 5) is 36.2. The lowest BCUT2D eigenvalue weighted by atomic mass is 9.98. The Morgan fingerprint density at radius 3 is 2.76 bits per heavy atom. The number of ether oxygens (including phenoxy) is 1. The SMILES string of the molecule is C=CCC1CCN(C(=O)CNC(=O)OCC(C)C)[C@@H]1C=O. The predicted octanol–water partition coefficient (Wildman–Crippen LogP) is 1.36. The summed E-state index contributed by atoms with van der Waals surface area (Å²) >= 11 is 0. The number of allylic oxidation sites excluding steroid dienone is 1. The first kappa shape index (κ1) is 17.2. The first-order chi connectivity index (χ1) is 9.99. The second-order valence-corrected chi connectivity index (χ2v) is 5.63. The number of alkyl carbamates (subject to hydrolysis) is 1. The van der Waals surface area contributed by atoms with Gasteiger partial charge in [-0.2, -0.15) is 0 Å². The number of carbonyl (C=O) groups excluding carboxylic acids is 3. The molecule has 118 valence electrons. The third kappa shape index (κ3) is 5.21. The Hall–Kier alpha value is -1.85. The zero-order chi connectivity index (χ0) is 15.8. The molecule has 1 unspecified atom stereocenters. The molecule has 1 aliphatic heterocycles. The van der Waals surface area contributed by atoms with Gasteiger partial charge in [-0.15, -0.1) is 6.58 Å². The number of likely N-dealkylation sites (tertiary alicyclic amines) is 1. The summed E-state index contributed by atoms with van der Waals surface area (Å²) in [5.74, 6) is 0.0983. The molecule has 1 rings (SSSR count). The van der Waals surface area contributed by atoms with Crippen molar-refractivity contribution < 1.29 is 19.1 Å². The summed E-state index contributed by atoms with van der Waals surface area (Å²) in [5, 5.41) is 2.42. The van der Waals surface area contributed by atoms with Crippen molar-refractivity contribution >= 4 is 18.3 Å². The van der Waals surface area contributed by atoms with Gasteiger partial charge in [0.25, 0.3) is 0 Å². The fourth-order valence-electron chi connectivity index (χ4n) is 2.37. The van der Waals surface area contributed by atoms with E-state index in [1.54, 1.807) is 6.08 Å². The Balaban J connectivity index is 2.43. The van der Waals surface area contributed by atoms with Crippen molar-refractivity contribution in [3.05, 3.63) is 12.7 Å². The molecule has 1 N–H and O–H groups in total. The number of amides is 2. The minimum Gasteiger partial charge on any atom is -0.449 e. The zero-order valence-corrected chi connectivity index (χ0v) is 12.7. The average molecular weight is 296 g/mol. The first-order valence-electron chi connectivity index (χ1n) is 7.25. The first-order valence-corrected chi connectivity index (χ1v) is 7.25. The molecule has 21 heavy (non-hydrogen) atoms. The minimum absolute atomic E-state index is 0.122. The van der Waals surface area contributed by atoms with Gasteiger partial charge in [0.2, 0.25) is 5.91 Å². The second kappa shape index (κ2) is 8.44. The lowest BCUT2D eigenvalue weighted by Crippen LogP contribution is -2.44. The van der Waals surface area contributed by atoms with Crippen LogP contribution in [0.3, 0.4) is 0 Å². The Morgan fingerprint density at radius 2 is 2.19 bits per heavy atom. The Labute approximate surface area is 125 Å². The van der Waals surface area contributed by atoms with Gasteiger partial charge < -0.3 is 19.7 Å². The molecule has 2 atom stereocenters. The van der Waals surface area contributed by atoms with Crippen molar-refractivity contribution in [2.75, 3.05) is 19.7 Å². The highest BCUT2D eigenvalue weighted by Crippen LogP contribution is 2.26. The molecule has 0 aromatic heterocycles. The Morgan fingerprint density at radius 1 is 1.48 bits per heavy atom. The van der Waals surface area contributed by atoms with E-state index in [-0.39, 0.29) is 24.3 Å². The lowest BCUT2D eigenvalue weighted by molar-refractivity contribution is -0.134. The number of aldehydes is 1. The topological polar surface area (TPSA) is 75.7 Å². The van der Waals surface area contributed by atoms with E-state index in [1.165, 1.54) is 4.90 Å². The predicted molar refractivity (Wildman–Crippen MR) is 78.7 cm³/mol. The molecule has 1 fully saturated rings. The maximum absolute atomic E-state index is 12.1. The highest BCUT2D eigenvalue weighted by molar-refractivity contribution is 5.85. The van der Waals surface area contributed by atoms with Crippen LogP contribution in [0.2, 0.25) is 0 Å². The van der Waals surface area contributed by atoms with Gasteiger partial charge >= 0.3 is 6.09 Å². The van der Waals surface area contributed by atoms with E-state index in [0.29, 0.717) is 19.6 Å². The quantitative estimate of drug-likeness (QED) is 0.568. The fraction of sp³-hybridized carbons (Fsp3) is 0.667. The van der Waals surface area contributed by atoms with Crippen molar-refractivity contribution in [2.24, 2.45) is 11.8 Å². The van der Waals surface area contributed by atoms with Crippen molar-refractivity contribution in [1.29, 1.82) is 0 Å².